The number of hydrazone groups is 1. The predicted molar refractivity (Wildman–Crippen MR) is 96.8 cm³/mol. The molecule has 29 heavy (non-hydrogen) atoms. The zero-order valence-electron chi connectivity index (χ0n) is 14.9. The van der Waals surface area contributed by atoms with E-state index in [1.165, 1.54) is 25.1 Å². The van der Waals surface area contributed by atoms with E-state index in [4.69, 9.17) is 0 Å². The van der Waals surface area contributed by atoms with E-state index in [-0.39, 0.29) is 22.0 Å². The van der Waals surface area contributed by atoms with Gasteiger partial charge in [0.15, 0.2) is 23.3 Å². The van der Waals surface area contributed by atoms with Crippen molar-refractivity contribution in [3.8, 4) is 5.75 Å². The number of carbonyl (C=O) groups is 1. The van der Waals surface area contributed by atoms with Gasteiger partial charge in [0.05, 0.1) is 11.3 Å². The molecular weight excluding hydrogens is 395 g/mol. The molecule has 9 heteroatoms. The lowest BCUT2D eigenvalue weighted by Gasteiger charge is -2.15. The molecule has 4 nitrogen and oxygen atoms in total. The van der Waals surface area contributed by atoms with Gasteiger partial charge in [-0.2, -0.15) is 10.1 Å². The highest BCUT2D eigenvalue weighted by atomic mass is 19.2. The largest absolute Gasteiger partial charge is 0.508 e. The third-order valence-corrected chi connectivity index (χ3v) is 4.24. The number of hydrogen-bond acceptors (Lipinski definition) is 3. The first-order valence-electron chi connectivity index (χ1n) is 8.23. The van der Waals surface area contributed by atoms with Crippen molar-refractivity contribution in [2.45, 2.75) is 13.3 Å². The molecule has 0 aromatic heterocycles. The van der Waals surface area contributed by atoms with E-state index in [1.807, 2.05) is 0 Å². The van der Waals surface area contributed by atoms with Gasteiger partial charge >= 0.3 is 0 Å². The fourth-order valence-electron chi connectivity index (χ4n) is 2.80. The average molecular weight is 408 g/mol. The van der Waals surface area contributed by atoms with Crippen LogP contribution in [0.4, 0.5) is 27.6 Å². The monoisotopic (exact) mass is 408 g/mol. The molecule has 0 bridgehead atoms. The molecule has 1 amide bonds. The first kappa shape index (κ1) is 20.2. The molecule has 0 aliphatic carbocycles. The molecule has 2 aromatic carbocycles. The summed E-state index contributed by atoms with van der Waals surface area (Å²) >= 11 is 0. The summed E-state index contributed by atoms with van der Waals surface area (Å²) in [6.45, 7) is 4.92. The van der Waals surface area contributed by atoms with Gasteiger partial charge in [-0.3, -0.25) is 4.79 Å². The average Bonchev–Trinajstić information content (AvgIpc) is 2.96. The molecule has 1 N–H and O–H groups in total. The summed E-state index contributed by atoms with van der Waals surface area (Å²) < 4.78 is 68.3. The number of nitrogens with zero attached hydrogens (tertiary/aromatic N) is 2. The number of rotatable bonds is 4. The molecule has 0 saturated heterocycles. The van der Waals surface area contributed by atoms with Gasteiger partial charge in [0.1, 0.15) is 11.4 Å². The van der Waals surface area contributed by atoms with Gasteiger partial charge < -0.3 is 5.11 Å². The number of hydrogen-bond donors (Lipinski definition) is 1. The molecule has 0 unspecified atom stereocenters. The fraction of sp³-hybridized carbons (Fsp3) is 0.100. The number of halogens is 5. The Balaban J connectivity index is 2.06. The van der Waals surface area contributed by atoms with E-state index in [0.717, 1.165) is 0 Å². The Hall–Kier alpha value is -3.49. The van der Waals surface area contributed by atoms with E-state index >= 15 is 0 Å². The third kappa shape index (κ3) is 3.39. The molecule has 3 rings (SSSR count). The summed E-state index contributed by atoms with van der Waals surface area (Å²) in [5.74, 6) is -12.1. The molecule has 2 aromatic rings. The number of benzene rings is 2. The van der Waals surface area contributed by atoms with Gasteiger partial charge in [0, 0.05) is 0 Å². The minimum Gasteiger partial charge on any atom is -0.508 e. The first-order valence-corrected chi connectivity index (χ1v) is 8.23. The maximum Gasteiger partial charge on any atom is 0.280 e. The molecular formula is C20H13F5N2O2. The smallest absolute Gasteiger partial charge is 0.280 e. The number of phenolic OH excluding ortho intramolecular Hbond substituents is 1. The van der Waals surface area contributed by atoms with Gasteiger partial charge in [-0.25, -0.2) is 22.0 Å². The summed E-state index contributed by atoms with van der Waals surface area (Å²) in [6, 6.07) is 4.43. The maximum atomic E-state index is 14.1. The minimum atomic E-state index is -2.33. The van der Waals surface area contributed by atoms with Crippen molar-refractivity contribution >= 4 is 23.4 Å². The molecule has 150 valence electrons. The number of allylic oxidation sites excluding steroid dienone is 1. The standard InChI is InChI=1S/C20H13F5N2O2/c1-3-4-11-7-10(5-6-13(11)28)8-12-9(2)26-27(20(12)29)19-17(24)15(22)14(21)16(23)18(19)25/h3,5-8,28H,1,4H2,2H3/b12-8+. The molecule has 0 radical (unpaired) electrons. The minimum absolute atomic E-state index is 0.0114. The van der Waals surface area contributed by atoms with Crippen molar-refractivity contribution in [3.63, 3.8) is 0 Å². The SMILES string of the molecule is C=CCc1cc(/C=C2/C(=O)N(c3c(F)c(F)c(F)c(F)c3F)N=C2C)ccc1O. The summed E-state index contributed by atoms with van der Waals surface area (Å²) in [7, 11) is 0. The number of phenols is 1. The van der Waals surface area contributed by atoms with Crippen molar-refractivity contribution in [2.24, 2.45) is 5.10 Å². The van der Waals surface area contributed by atoms with Crippen LogP contribution in [0, 0.1) is 29.1 Å². The molecule has 1 aliphatic heterocycles. The first-order chi connectivity index (χ1) is 13.7. The van der Waals surface area contributed by atoms with E-state index in [0.29, 0.717) is 17.5 Å². The van der Waals surface area contributed by atoms with Crippen molar-refractivity contribution in [1.29, 1.82) is 0 Å². The van der Waals surface area contributed by atoms with Gasteiger partial charge in [-0.05, 0) is 42.7 Å². The quantitative estimate of drug-likeness (QED) is 0.264. The predicted octanol–water partition coefficient (Wildman–Crippen LogP) is 4.62. The van der Waals surface area contributed by atoms with Crippen LogP contribution in [-0.4, -0.2) is 16.7 Å². The Morgan fingerprint density at radius 2 is 1.66 bits per heavy atom. The van der Waals surface area contributed by atoms with Crippen molar-refractivity contribution < 1.29 is 31.9 Å². The Morgan fingerprint density at radius 1 is 1.07 bits per heavy atom. The zero-order valence-corrected chi connectivity index (χ0v) is 14.9. The van der Waals surface area contributed by atoms with Crippen LogP contribution in [0.3, 0.4) is 0 Å². The van der Waals surface area contributed by atoms with E-state index < -0.39 is 40.7 Å². The molecule has 1 heterocycles. The Bertz CT molecular complexity index is 1080. The number of carbonyl (C=O) groups excluding carboxylic acids is 1. The van der Waals surface area contributed by atoms with E-state index in [9.17, 15) is 31.9 Å². The summed E-state index contributed by atoms with van der Waals surface area (Å²) in [5.41, 5.74) is -0.573. The van der Waals surface area contributed by atoms with Gasteiger partial charge in [0.2, 0.25) is 5.82 Å². The second kappa shape index (κ2) is 7.50. The highest BCUT2D eigenvalue weighted by Crippen LogP contribution is 2.34. The van der Waals surface area contributed by atoms with Crippen LogP contribution in [0.5, 0.6) is 5.75 Å². The molecule has 0 saturated carbocycles. The fourth-order valence-corrected chi connectivity index (χ4v) is 2.80. The van der Waals surface area contributed by atoms with Crippen LogP contribution in [0.2, 0.25) is 0 Å². The van der Waals surface area contributed by atoms with Crippen LogP contribution in [0.25, 0.3) is 6.08 Å². The lowest BCUT2D eigenvalue weighted by atomic mass is 10.0. The van der Waals surface area contributed by atoms with Gasteiger partial charge in [-0.15, -0.1) is 6.58 Å². The Kier molecular flexibility index (Phi) is 5.23. The molecule has 1 aliphatic rings. The second-order valence-corrected chi connectivity index (χ2v) is 6.16. The number of anilines is 1. The summed E-state index contributed by atoms with van der Waals surface area (Å²) in [5, 5.41) is 13.6. The molecule has 0 fully saturated rings. The Labute approximate surface area is 161 Å². The van der Waals surface area contributed by atoms with Crippen molar-refractivity contribution in [2.75, 3.05) is 5.01 Å². The normalized spacial score (nSPS) is 15.2. The third-order valence-electron chi connectivity index (χ3n) is 4.24. The van der Waals surface area contributed by atoms with Crippen LogP contribution in [0.15, 0.2) is 41.5 Å². The second-order valence-electron chi connectivity index (χ2n) is 6.16. The highest BCUT2D eigenvalue weighted by molar-refractivity contribution is 6.32. The van der Waals surface area contributed by atoms with E-state index in [1.54, 1.807) is 12.1 Å². The lowest BCUT2D eigenvalue weighted by Crippen LogP contribution is -2.25. The number of aromatic hydroxyl groups is 1. The van der Waals surface area contributed by atoms with Gasteiger partial charge in [-0.1, -0.05) is 12.1 Å². The number of amides is 1. The maximum absolute atomic E-state index is 14.1. The van der Waals surface area contributed by atoms with Crippen LogP contribution in [0.1, 0.15) is 18.1 Å². The molecule has 0 spiro atoms. The van der Waals surface area contributed by atoms with Crippen LogP contribution in [-0.2, 0) is 11.2 Å². The van der Waals surface area contributed by atoms with Crippen LogP contribution < -0.4 is 5.01 Å². The van der Waals surface area contributed by atoms with Crippen molar-refractivity contribution in [1.82, 2.24) is 0 Å². The zero-order chi connectivity index (χ0) is 21.5. The lowest BCUT2D eigenvalue weighted by molar-refractivity contribution is -0.114. The Morgan fingerprint density at radius 3 is 2.24 bits per heavy atom. The van der Waals surface area contributed by atoms with Gasteiger partial charge in [0.25, 0.3) is 5.91 Å². The molecule has 0 atom stereocenters. The van der Waals surface area contributed by atoms with Crippen molar-refractivity contribution in [3.05, 3.63) is 76.6 Å². The summed E-state index contributed by atoms with van der Waals surface area (Å²) in [6.07, 6.45) is 3.24. The van der Waals surface area contributed by atoms with Crippen LogP contribution >= 0.6 is 0 Å². The summed E-state index contributed by atoms with van der Waals surface area (Å²) in [4.78, 5) is 12.6. The topological polar surface area (TPSA) is 52.9 Å². The van der Waals surface area contributed by atoms with E-state index in [2.05, 4.69) is 11.7 Å². The highest BCUT2D eigenvalue weighted by Gasteiger charge is 2.37.